The minimum atomic E-state index is -0.296. The van der Waals surface area contributed by atoms with Crippen LogP contribution >= 0.6 is 0 Å². The van der Waals surface area contributed by atoms with Crippen LogP contribution in [0.3, 0.4) is 0 Å². The van der Waals surface area contributed by atoms with Crippen molar-refractivity contribution in [1.82, 2.24) is 15.5 Å². The van der Waals surface area contributed by atoms with Gasteiger partial charge in [0.1, 0.15) is 0 Å². The van der Waals surface area contributed by atoms with Crippen molar-refractivity contribution in [2.75, 3.05) is 6.54 Å². The van der Waals surface area contributed by atoms with Gasteiger partial charge in [-0.1, -0.05) is 42.5 Å². The molecule has 1 heterocycles. The molecule has 2 aromatic rings. The SMILES string of the molecule is CC(C)(C)NC(=O)NC1CC(=O)N(Cc2cccc3ccccc23)C1. The van der Waals surface area contributed by atoms with Crippen LogP contribution in [0.15, 0.2) is 42.5 Å². The molecule has 132 valence electrons. The Bertz CT molecular complexity index is 790. The number of nitrogens with zero attached hydrogens (tertiary/aromatic N) is 1. The zero-order valence-electron chi connectivity index (χ0n) is 15.0. The van der Waals surface area contributed by atoms with Gasteiger partial charge in [0, 0.05) is 25.0 Å². The zero-order chi connectivity index (χ0) is 18.0. The van der Waals surface area contributed by atoms with Crippen molar-refractivity contribution in [2.24, 2.45) is 0 Å². The van der Waals surface area contributed by atoms with E-state index in [0.717, 1.165) is 5.56 Å². The van der Waals surface area contributed by atoms with Crippen LogP contribution < -0.4 is 10.6 Å². The predicted octanol–water partition coefficient (Wildman–Crippen LogP) is 3.04. The molecule has 5 nitrogen and oxygen atoms in total. The fraction of sp³-hybridized carbons (Fsp3) is 0.400. The minimum Gasteiger partial charge on any atom is -0.336 e. The summed E-state index contributed by atoms with van der Waals surface area (Å²) in [6.45, 7) is 6.90. The minimum absolute atomic E-state index is 0.0778. The second-order valence-corrected chi connectivity index (χ2v) is 7.66. The van der Waals surface area contributed by atoms with E-state index in [-0.39, 0.29) is 23.5 Å². The first-order valence-electron chi connectivity index (χ1n) is 8.65. The third-order valence-electron chi connectivity index (χ3n) is 4.28. The summed E-state index contributed by atoms with van der Waals surface area (Å²) >= 11 is 0. The third-order valence-corrected chi connectivity index (χ3v) is 4.28. The Morgan fingerprint density at radius 2 is 1.88 bits per heavy atom. The summed E-state index contributed by atoms with van der Waals surface area (Å²) in [6, 6.07) is 14.0. The Balaban J connectivity index is 1.66. The topological polar surface area (TPSA) is 61.4 Å². The molecule has 0 aromatic heterocycles. The van der Waals surface area contributed by atoms with Gasteiger partial charge >= 0.3 is 6.03 Å². The summed E-state index contributed by atoms with van der Waals surface area (Å²) in [5.74, 6) is 0.0778. The van der Waals surface area contributed by atoms with E-state index in [1.807, 2.05) is 43.9 Å². The molecule has 1 unspecified atom stereocenters. The van der Waals surface area contributed by atoms with E-state index < -0.39 is 0 Å². The van der Waals surface area contributed by atoms with E-state index in [1.54, 1.807) is 0 Å². The quantitative estimate of drug-likeness (QED) is 0.903. The Kier molecular flexibility index (Phi) is 4.66. The van der Waals surface area contributed by atoms with Gasteiger partial charge in [0.2, 0.25) is 5.91 Å². The van der Waals surface area contributed by atoms with Gasteiger partial charge in [-0.25, -0.2) is 4.79 Å². The van der Waals surface area contributed by atoms with E-state index in [0.29, 0.717) is 19.5 Å². The van der Waals surface area contributed by atoms with Crippen molar-refractivity contribution in [3.8, 4) is 0 Å². The second-order valence-electron chi connectivity index (χ2n) is 7.66. The standard InChI is InChI=1S/C20H25N3O2/c1-20(2,3)22-19(25)21-16-11-18(24)23(13-16)12-15-9-6-8-14-7-4-5-10-17(14)15/h4-10,16H,11-13H2,1-3H3,(H2,21,22,25). The number of carbonyl (C=O) groups is 2. The molecule has 3 rings (SSSR count). The number of fused-ring (bicyclic) bond motifs is 1. The lowest BCUT2D eigenvalue weighted by Gasteiger charge is -2.23. The van der Waals surface area contributed by atoms with Crippen molar-refractivity contribution < 1.29 is 9.59 Å². The Labute approximate surface area is 148 Å². The summed E-state index contributed by atoms with van der Waals surface area (Å²) in [5, 5.41) is 8.11. The number of likely N-dealkylation sites (tertiary alicyclic amines) is 1. The van der Waals surface area contributed by atoms with Crippen molar-refractivity contribution in [3.05, 3.63) is 48.0 Å². The fourth-order valence-electron chi connectivity index (χ4n) is 3.22. The smallest absolute Gasteiger partial charge is 0.315 e. The monoisotopic (exact) mass is 339 g/mol. The maximum absolute atomic E-state index is 12.3. The van der Waals surface area contributed by atoms with E-state index in [1.165, 1.54) is 10.8 Å². The normalized spacial score (nSPS) is 17.8. The summed E-state index contributed by atoms with van der Waals surface area (Å²) in [5.41, 5.74) is 0.834. The molecule has 2 aromatic carbocycles. The summed E-state index contributed by atoms with van der Waals surface area (Å²) in [4.78, 5) is 26.2. The van der Waals surface area contributed by atoms with Crippen molar-refractivity contribution in [1.29, 1.82) is 0 Å². The molecule has 1 atom stereocenters. The summed E-state index contributed by atoms with van der Waals surface area (Å²) in [6.07, 6.45) is 0.350. The molecule has 0 radical (unpaired) electrons. The van der Waals surface area contributed by atoms with Crippen LogP contribution in [0.4, 0.5) is 4.79 Å². The number of urea groups is 1. The fourth-order valence-corrected chi connectivity index (χ4v) is 3.22. The predicted molar refractivity (Wildman–Crippen MR) is 99.2 cm³/mol. The van der Waals surface area contributed by atoms with Crippen LogP contribution in [0.2, 0.25) is 0 Å². The Morgan fingerprint density at radius 1 is 1.16 bits per heavy atom. The maximum atomic E-state index is 12.3. The van der Waals surface area contributed by atoms with Gasteiger partial charge in [0.05, 0.1) is 6.04 Å². The van der Waals surface area contributed by atoms with Crippen LogP contribution in [0.25, 0.3) is 10.8 Å². The number of hydrogen-bond acceptors (Lipinski definition) is 2. The molecule has 0 saturated carbocycles. The molecule has 5 heteroatoms. The maximum Gasteiger partial charge on any atom is 0.315 e. The van der Waals surface area contributed by atoms with Crippen LogP contribution in [-0.4, -0.2) is 35.0 Å². The molecule has 25 heavy (non-hydrogen) atoms. The Morgan fingerprint density at radius 3 is 2.64 bits per heavy atom. The highest BCUT2D eigenvalue weighted by Crippen LogP contribution is 2.22. The zero-order valence-corrected chi connectivity index (χ0v) is 15.0. The average Bonchev–Trinajstić information content (AvgIpc) is 2.85. The first kappa shape index (κ1) is 17.3. The van der Waals surface area contributed by atoms with Crippen LogP contribution in [0.1, 0.15) is 32.8 Å². The number of rotatable bonds is 3. The number of benzene rings is 2. The van der Waals surface area contributed by atoms with Gasteiger partial charge in [-0.05, 0) is 37.1 Å². The number of nitrogens with one attached hydrogen (secondary N) is 2. The van der Waals surface area contributed by atoms with Crippen molar-refractivity contribution in [3.63, 3.8) is 0 Å². The molecule has 2 N–H and O–H groups in total. The molecule has 3 amide bonds. The van der Waals surface area contributed by atoms with Gasteiger partial charge in [0.25, 0.3) is 0 Å². The lowest BCUT2D eigenvalue weighted by Crippen LogP contribution is -2.50. The first-order chi connectivity index (χ1) is 11.8. The van der Waals surface area contributed by atoms with Crippen LogP contribution in [0, 0.1) is 0 Å². The highest BCUT2D eigenvalue weighted by atomic mass is 16.2. The van der Waals surface area contributed by atoms with E-state index in [9.17, 15) is 9.59 Å². The van der Waals surface area contributed by atoms with Gasteiger partial charge in [-0.3, -0.25) is 4.79 Å². The average molecular weight is 339 g/mol. The highest BCUT2D eigenvalue weighted by molar-refractivity contribution is 5.87. The third kappa shape index (κ3) is 4.29. The van der Waals surface area contributed by atoms with Gasteiger partial charge in [0.15, 0.2) is 0 Å². The molecular formula is C20H25N3O2. The lowest BCUT2D eigenvalue weighted by atomic mass is 10.0. The molecule has 1 saturated heterocycles. The summed E-state index contributed by atoms with van der Waals surface area (Å²) in [7, 11) is 0. The van der Waals surface area contributed by atoms with Gasteiger partial charge in [-0.2, -0.15) is 0 Å². The van der Waals surface area contributed by atoms with Crippen LogP contribution in [-0.2, 0) is 11.3 Å². The molecule has 1 fully saturated rings. The highest BCUT2D eigenvalue weighted by Gasteiger charge is 2.31. The Hall–Kier alpha value is -2.56. The first-order valence-corrected chi connectivity index (χ1v) is 8.65. The molecule has 0 bridgehead atoms. The van der Waals surface area contributed by atoms with Crippen molar-refractivity contribution in [2.45, 2.75) is 45.3 Å². The molecule has 0 spiro atoms. The molecule has 1 aliphatic heterocycles. The van der Waals surface area contributed by atoms with Gasteiger partial charge in [-0.15, -0.1) is 0 Å². The van der Waals surface area contributed by atoms with Gasteiger partial charge < -0.3 is 15.5 Å². The number of carbonyl (C=O) groups excluding carboxylic acids is 2. The van der Waals surface area contributed by atoms with E-state index >= 15 is 0 Å². The molecular weight excluding hydrogens is 314 g/mol. The van der Waals surface area contributed by atoms with Crippen LogP contribution in [0.5, 0.6) is 0 Å². The molecule has 0 aliphatic carbocycles. The van der Waals surface area contributed by atoms with E-state index in [2.05, 4.69) is 34.9 Å². The number of hydrogen-bond donors (Lipinski definition) is 2. The number of amides is 3. The summed E-state index contributed by atoms with van der Waals surface area (Å²) < 4.78 is 0. The van der Waals surface area contributed by atoms with Crippen molar-refractivity contribution >= 4 is 22.7 Å². The lowest BCUT2D eigenvalue weighted by molar-refractivity contribution is -0.128. The second kappa shape index (κ2) is 6.75. The largest absolute Gasteiger partial charge is 0.336 e. The van der Waals surface area contributed by atoms with E-state index in [4.69, 9.17) is 0 Å². The molecule has 1 aliphatic rings.